The van der Waals surface area contributed by atoms with Crippen molar-refractivity contribution in [3.63, 3.8) is 0 Å². The molecule has 4 rings (SSSR count). The molecule has 0 unspecified atom stereocenters. The van der Waals surface area contributed by atoms with E-state index in [0.717, 1.165) is 25.9 Å². The summed E-state index contributed by atoms with van der Waals surface area (Å²) in [5.41, 5.74) is 0.0625. The second-order valence-electron chi connectivity index (χ2n) is 8.22. The smallest absolute Gasteiger partial charge is 0.242 e. The molecule has 6 nitrogen and oxygen atoms in total. The van der Waals surface area contributed by atoms with E-state index in [0.29, 0.717) is 31.8 Å². The van der Waals surface area contributed by atoms with Crippen LogP contribution in [0, 0.1) is 11.2 Å². The van der Waals surface area contributed by atoms with E-state index < -0.39 is 0 Å². The van der Waals surface area contributed by atoms with Crippen molar-refractivity contribution in [2.75, 3.05) is 46.3 Å². The quantitative estimate of drug-likeness (QED) is 0.798. The molecule has 3 heterocycles. The van der Waals surface area contributed by atoms with Crippen LogP contribution < -0.4 is 4.74 Å². The first-order chi connectivity index (χ1) is 12.9. The summed E-state index contributed by atoms with van der Waals surface area (Å²) >= 11 is 0. The van der Waals surface area contributed by atoms with Crippen LogP contribution in [0.25, 0.3) is 0 Å². The normalized spacial score (nSPS) is 23.0. The van der Waals surface area contributed by atoms with Gasteiger partial charge in [-0.25, -0.2) is 4.39 Å². The minimum Gasteiger partial charge on any atom is -0.487 e. The second kappa shape index (κ2) is 7.11. The predicted molar refractivity (Wildman–Crippen MR) is 97.8 cm³/mol. The number of likely N-dealkylation sites (tertiary alicyclic amines) is 3. The molecule has 7 heteroatoms. The minimum absolute atomic E-state index is 0.0210. The van der Waals surface area contributed by atoms with E-state index in [1.54, 1.807) is 21.9 Å². The number of ether oxygens (including phenoxy) is 1. The van der Waals surface area contributed by atoms with Crippen LogP contribution in [-0.2, 0) is 9.59 Å². The van der Waals surface area contributed by atoms with Crippen molar-refractivity contribution < 1.29 is 18.7 Å². The number of carbonyl (C=O) groups is 2. The van der Waals surface area contributed by atoms with Crippen LogP contribution in [-0.4, -0.2) is 78.9 Å². The molecule has 1 spiro atoms. The summed E-state index contributed by atoms with van der Waals surface area (Å²) in [4.78, 5) is 30.7. The van der Waals surface area contributed by atoms with Crippen molar-refractivity contribution >= 4 is 11.8 Å². The average molecular weight is 375 g/mol. The van der Waals surface area contributed by atoms with Gasteiger partial charge in [0, 0.05) is 13.0 Å². The number of piperidine rings is 1. The van der Waals surface area contributed by atoms with Gasteiger partial charge in [-0.1, -0.05) is 0 Å². The Hall–Kier alpha value is -2.15. The lowest BCUT2D eigenvalue weighted by Gasteiger charge is -2.40. The van der Waals surface area contributed by atoms with E-state index in [-0.39, 0.29) is 35.7 Å². The van der Waals surface area contributed by atoms with E-state index in [1.165, 1.54) is 12.1 Å². The molecular formula is C20H26FN3O3. The number of amides is 2. The lowest BCUT2D eigenvalue weighted by atomic mass is 9.78. The highest BCUT2D eigenvalue weighted by Crippen LogP contribution is 2.40. The second-order valence-corrected chi connectivity index (χ2v) is 8.22. The highest BCUT2D eigenvalue weighted by molar-refractivity contribution is 5.87. The van der Waals surface area contributed by atoms with E-state index in [4.69, 9.17) is 4.74 Å². The summed E-state index contributed by atoms with van der Waals surface area (Å²) in [7, 11) is 2.11. The Kier molecular flexibility index (Phi) is 4.80. The molecule has 0 bridgehead atoms. The molecule has 1 aromatic rings. The molecule has 2 amide bonds. The molecule has 27 heavy (non-hydrogen) atoms. The number of benzene rings is 1. The summed E-state index contributed by atoms with van der Waals surface area (Å²) in [6.45, 7) is 3.92. The van der Waals surface area contributed by atoms with Gasteiger partial charge in [-0.3, -0.25) is 9.59 Å². The van der Waals surface area contributed by atoms with Gasteiger partial charge in [-0.15, -0.1) is 0 Å². The van der Waals surface area contributed by atoms with Gasteiger partial charge >= 0.3 is 0 Å². The van der Waals surface area contributed by atoms with Crippen molar-refractivity contribution in [1.82, 2.24) is 14.7 Å². The van der Waals surface area contributed by atoms with E-state index >= 15 is 0 Å². The Bertz CT molecular complexity index is 710. The average Bonchev–Trinajstić information content (AvgIpc) is 2.90. The van der Waals surface area contributed by atoms with E-state index in [2.05, 4.69) is 11.9 Å². The topological polar surface area (TPSA) is 53.1 Å². The standard InChI is InChI=1S/C20H26FN3O3/c1-22-8-6-20(7-9-22)10-18(25)24(14-20)13-19(26)23-11-17(12-23)27-16-4-2-15(21)3-5-16/h2-5,17H,6-14H2,1H3. The molecule has 0 aliphatic carbocycles. The van der Waals surface area contributed by atoms with Crippen LogP contribution in [0.15, 0.2) is 24.3 Å². The fourth-order valence-corrected chi connectivity index (χ4v) is 4.24. The number of hydrogen-bond donors (Lipinski definition) is 0. The zero-order valence-electron chi connectivity index (χ0n) is 15.7. The Balaban J connectivity index is 1.24. The molecular weight excluding hydrogens is 349 g/mol. The van der Waals surface area contributed by atoms with Crippen molar-refractivity contribution in [2.24, 2.45) is 5.41 Å². The molecule has 0 N–H and O–H groups in total. The summed E-state index contributed by atoms with van der Waals surface area (Å²) in [6, 6.07) is 5.89. The first kappa shape index (κ1) is 18.2. The Morgan fingerprint density at radius 3 is 2.56 bits per heavy atom. The van der Waals surface area contributed by atoms with Gasteiger partial charge in [0.1, 0.15) is 17.7 Å². The summed E-state index contributed by atoms with van der Waals surface area (Å²) in [5.74, 6) is 0.387. The number of carbonyl (C=O) groups excluding carboxylic acids is 2. The molecule has 1 aromatic carbocycles. The highest BCUT2D eigenvalue weighted by Gasteiger charge is 2.45. The Labute approximate surface area is 158 Å². The summed E-state index contributed by atoms with van der Waals surface area (Å²) in [5, 5.41) is 0. The monoisotopic (exact) mass is 375 g/mol. The number of rotatable bonds is 4. The van der Waals surface area contributed by atoms with Crippen LogP contribution >= 0.6 is 0 Å². The molecule has 3 fully saturated rings. The SMILES string of the molecule is CN1CCC2(CC1)CC(=O)N(CC(=O)N1CC(Oc3ccc(F)cc3)C1)C2. The zero-order valence-corrected chi connectivity index (χ0v) is 15.7. The molecule has 0 saturated carbocycles. The first-order valence-electron chi connectivity index (χ1n) is 9.59. The van der Waals surface area contributed by atoms with Crippen molar-refractivity contribution in [1.29, 1.82) is 0 Å². The van der Waals surface area contributed by atoms with Gasteiger partial charge in [0.05, 0.1) is 19.6 Å². The van der Waals surface area contributed by atoms with Gasteiger partial charge in [-0.05, 0) is 62.7 Å². The summed E-state index contributed by atoms with van der Waals surface area (Å²) < 4.78 is 18.7. The van der Waals surface area contributed by atoms with Gasteiger partial charge in [0.2, 0.25) is 11.8 Å². The third kappa shape index (κ3) is 3.93. The van der Waals surface area contributed by atoms with Crippen LogP contribution in [0.3, 0.4) is 0 Å². The molecule has 0 atom stereocenters. The molecule has 3 saturated heterocycles. The van der Waals surface area contributed by atoms with Crippen molar-refractivity contribution in [3.05, 3.63) is 30.1 Å². The highest BCUT2D eigenvalue weighted by atomic mass is 19.1. The van der Waals surface area contributed by atoms with E-state index in [9.17, 15) is 14.0 Å². The van der Waals surface area contributed by atoms with Gasteiger partial charge in [-0.2, -0.15) is 0 Å². The fraction of sp³-hybridized carbons (Fsp3) is 0.600. The maximum atomic E-state index is 12.9. The zero-order chi connectivity index (χ0) is 19.0. The van der Waals surface area contributed by atoms with Crippen LogP contribution in [0.2, 0.25) is 0 Å². The lowest BCUT2D eigenvalue weighted by molar-refractivity contribution is -0.144. The Morgan fingerprint density at radius 1 is 1.22 bits per heavy atom. The van der Waals surface area contributed by atoms with Crippen LogP contribution in [0.5, 0.6) is 5.75 Å². The minimum atomic E-state index is -0.301. The van der Waals surface area contributed by atoms with Gasteiger partial charge in [0.25, 0.3) is 0 Å². The molecule has 3 aliphatic heterocycles. The molecule has 3 aliphatic rings. The molecule has 0 aromatic heterocycles. The molecule has 0 radical (unpaired) electrons. The van der Waals surface area contributed by atoms with Gasteiger partial charge in [0.15, 0.2) is 0 Å². The number of hydrogen-bond acceptors (Lipinski definition) is 4. The first-order valence-corrected chi connectivity index (χ1v) is 9.59. The summed E-state index contributed by atoms with van der Waals surface area (Å²) in [6.07, 6.45) is 2.55. The maximum absolute atomic E-state index is 12.9. The van der Waals surface area contributed by atoms with Crippen molar-refractivity contribution in [3.8, 4) is 5.75 Å². The van der Waals surface area contributed by atoms with Crippen LogP contribution in [0.4, 0.5) is 4.39 Å². The van der Waals surface area contributed by atoms with E-state index in [1.807, 2.05) is 0 Å². The third-order valence-corrected chi connectivity index (χ3v) is 6.10. The van der Waals surface area contributed by atoms with Crippen molar-refractivity contribution in [2.45, 2.75) is 25.4 Å². The van der Waals surface area contributed by atoms with Gasteiger partial charge < -0.3 is 19.4 Å². The number of nitrogens with zero attached hydrogens (tertiary/aromatic N) is 3. The maximum Gasteiger partial charge on any atom is 0.242 e. The number of halogens is 1. The largest absolute Gasteiger partial charge is 0.487 e. The predicted octanol–water partition coefficient (Wildman–Crippen LogP) is 1.36. The fourth-order valence-electron chi connectivity index (χ4n) is 4.24. The molecule has 146 valence electrons. The third-order valence-electron chi connectivity index (χ3n) is 6.10. The van der Waals surface area contributed by atoms with Crippen LogP contribution in [0.1, 0.15) is 19.3 Å². The lowest BCUT2D eigenvalue weighted by Crippen LogP contribution is -2.58. The Morgan fingerprint density at radius 2 is 1.89 bits per heavy atom.